The van der Waals surface area contributed by atoms with Crippen LogP contribution in [0.25, 0.3) is 55.3 Å². The van der Waals surface area contributed by atoms with Crippen molar-refractivity contribution in [3.05, 3.63) is 234 Å². The lowest BCUT2D eigenvalue weighted by molar-refractivity contribution is 0.592. The van der Waals surface area contributed by atoms with Crippen molar-refractivity contribution in [2.24, 2.45) is 0 Å². The van der Waals surface area contributed by atoms with Crippen LogP contribution in [0, 0.1) is 6.92 Å². The Morgan fingerprint density at radius 2 is 0.804 bits per heavy atom. The third kappa shape index (κ3) is 4.53. The Balaban J connectivity index is 1.04. The highest BCUT2D eigenvalue weighted by molar-refractivity contribution is 7.85. The van der Waals surface area contributed by atoms with Crippen LogP contribution in [0.3, 0.4) is 0 Å². The molecular formula is C54H37OP. The Kier molecular flexibility index (Phi) is 7.34. The van der Waals surface area contributed by atoms with Crippen LogP contribution < -0.4 is 15.9 Å². The molecule has 0 amide bonds. The molecule has 56 heavy (non-hydrogen) atoms. The second-order valence-corrected chi connectivity index (χ2v) is 17.9. The molecule has 0 unspecified atom stereocenters. The molecule has 0 atom stereocenters. The second-order valence-electron chi connectivity index (χ2n) is 15.1. The van der Waals surface area contributed by atoms with Gasteiger partial charge in [0.15, 0.2) is 7.14 Å². The summed E-state index contributed by atoms with van der Waals surface area (Å²) in [5.74, 6) is 0. The van der Waals surface area contributed by atoms with E-state index in [0.717, 1.165) is 27.0 Å². The van der Waals surface area contributed by atoms with Crippen molar-refractivity contribution in [1.29, 1.82) is 0 Å². The Bertz CT molecular complexity index is 2940. The third-order valence-corrected chi connectivity index (χ3v) is 15.4. The molecule has 0 saturated carbocycles. The van der Waals surface area contributed by atoms with Gasteiger partial charge >= 0.3 is 0 Å². The Hall–Kier alpha value is -6.53. The van der Waals surface area contributed by atoms with Crippen molar-refractivity contribution in [1.82, 2.24) is 0 Å². The normalized spacial score (nSPS) is 13.3. The fourth-order valence-electron chi connectivity index (χ4n) is 9.93. The van der Waals surface area contributed by atoms with Gasteiger partial charge in [0.2, 0.25) is 0 Å². The predicted molar refractivity (Wildman–Crippen MR) is 235 cm³/mol. The van der Waals surface area contributed by atoms with Crippen molar-refractivity contribution >= 4 is 33.8 Å². The Morgan fingerprint density at radius 3 is 1.38 bits per heavy atom. The van der Waals surface area contributed by atoms with E-state index in [-0.39, 0.29) is 0 Å². The molecule has 2 aliphatic carbocycles. The van der Waals surface area contributed by atoms with Crippen LogP contribution in [0.2, 0.25) is 0 Å². The zero-order valence-electron chi connectivity index (χ0n) is 31.0. The van der Waals surface area contributed by atoms with Crippen molar-refractivity contribution in [3.63, 3.8) is 0 Å². The maximum atomic E-state index is 14.9. The van der Waals surface area contributed by atoms with Crippen LogP contribution in [0.1, 0.15) is 27.8 Å². The Labute approximate surface area is 328 Å². The zero-order valence-corrected chi connectivity index (χ0v) is 31.9. The SMILES string of the molecule is Cc1cc(-c2ccc(-c3ccc(P(=O)(c4ccccc4)c4ccccc4)cc3)cc2)c2cccc3c2c1-c1ccccc1C31c2ccccc2-c2ccccc21. The van der Waals surface area contributed by atoms with E-state index < -0.39 is 12.6 Å². The molecule has 0 aliphatic heterocycles. The minimum absolute atomic E-state index is 0.414. The molecule has 9 aromatic rings. The molecule has 0 bridgehead atoms. The van der Waals surface area contributed by atoms with Gasteiger partial charge in [-0.15, -0.1) is 0 Å². The fraction of sp³-hybridized carbons (Fsp3) is 0.0370. The topological polar surface area (TPSA) is 17.1 Å². The summed E-state index contributed by atoms with van der Waals surface area (Å²) in [5, 5.41) is 5.13. The summed E-state index contributed by atoms with van der Waals surface area (Å²) in [4.78, 5) is 0. The van der Waals surface area contributed by atoms with E-state index in [2.05, 4.69) is 140 Å². The van der Waals surface area contributed by atoms with E-state index in [1.807, 2.05) is 72.8 Å². The predicted octanol–water partition coefficient (Wildman–Crippen LogP) is 12.5. The smallest absolute Gasteiger partial charge is 0.171 e. The van der Waals surface area contributed by atoms with Crippen LogP contribution in [0.15, 0.2) is 206 Å². The minimum Gasteiger partial charge on any atom is -0.309 e. The molecule has 0 radical (unpaired) electrons. The van der Waals surface area contributed by atoms with Gasteiger partial charge in [-0.2, -0.15) is 0 Å². The molecule has 0 N–H and O–H groups in total. The molecule has 0 heterocycles. The van der Waals surface area contributed by atoms with Gasteiger partial charge in [0.05, 0.1) is 5.41 Å². The van der Waals surface area contributed by atoms with Gasteiger partial charge in [0.25, 0.3) is 0 Å². The highest BCUT2D eigenvalue weighted by Gasteiger charge is 2.50. The number of aryl methyl sites for hydroxylation is 1. The average molecular weight is 733 g/mol. The molecule has 0 aromatic heterocycles. The molecule has 2 heteroatoms. The summed E-state index contributed by atoms with van der Waals surface area (Å²) in [7, 11) is -3.04. The van der Waals surface area contributed by atoms with Crippen molar-refractivity contribution in [2.45, 2.75) is 12.3 Å². The number of fused-ring (bicyclic) bond motifs is 9. The average Bonchev–Trinajstić information content (AvgIpc) is 3.57. The first-order chi connectivity index (χ1) is 27.6. The van der Waals surface area contributed by atoms with E-state index in [4.69, 9.17) is 0 Å². The maximum absolute atomic E-state index is 14.9. The summed E-state index contributed by atoms with van der Waals surface area (Å²) in [6.07, 6.45) is 0. The van der Waals surface area contributed by atoms with Crippen molar-refractivity contribution < 1.29 is 4.57 Å². The Morgan fingerprint density at radius 1 is 0.375 bits per heavy atom. The molecule has 1 spiro atoms. The van der Waals surface area contributed by atoms with E-state index >= 15 is 0 Å². The van der Waals surface area contributed by atoms with Crippen molar-refractivity contribution in [3.8, 4) is 44.5 Å². The van der Waals surface area contributed by atoms with Crippen LogP contribution in [0.5, 0.6) is 0 Å². The monoisotopic (exact) mass is 732 g/mol. The molecule has 0 fully saturated rings. The summed E-state index contributed by atoms with van der Waals surface area (Å²) in [6, 6.07) is 73.5. The van der Waals surface area contributed by atoms with Crippen molar-refractivity contribution in [2.75, 3.05) is 0 Å². The highest BCUT2D eigenvalue weighted by atomic mass is 31.2. The molecule has 264 valence electrons. The fourth-order valence-corrected chi connectivity index (χ4v) is 12.6. The van der Waals surface area contributed by atoms with Gasteiger partial charge < -0.3 is 4.57 Å². The van der Waals surface area contributed by atoms with Gasteiger partial charge in [0, 0.05) is 15.9 Å². The lowest BCUT2D eigenvalue weighted by Crippen LogP contribution is -2.32. The first-order valence-corrected chi connectivity index (χ1v) is 21.1. The summed E-state index contributed by atoms with van der Waals surface area (Å²) >= 11 is 0. The lowest BCUT2D eigenvalue weighted by Gasteiger charge is -2.40. The van der Waals surface area contributed by atoms with Crippen LogP contribution >= 0.6 is 7.14 Å². The zero-order chi connectivity index (χ0) is 37.4. The third-order valence-electron chi connectivity index (χ3n) is 12.3. The molecule has 0 saturated heterocycles. The van der Waals surface area contributed by atoms with Crippen LogP contribution in [-0.4, -0.2) is 0 Å². The van der Waals surface area contributed by atoms with E-state index in [1.54, 1.807) is 0 Å². The first kappa shape index (κ1) is 32.9. The summed E-state index contributed by atoms with van der Waals surface area (Å²) < 4.78 is 14.9. The first-order valence-electron chi connectivity index (χ1n) is 19.4. The van der Waals surface area contributed by atoms with E-state index in [0.29, 0.717) is 0 Å². The second kappa shape index (κ2) is 12.5. The number of hydrogen-bond acceptors (Lipinski definition) is 1. The summed E-state index contributed by atoms with van der Waals surface area (Å²) in [6.45, 7) is 2.28. The lowest BCUT2D eigenvalue weighted by atomic mass is 9.61. The molecular weight excluding hydrogens is 696 g/mol. The standard InChI is InChI=1S/C54H37OP/c1-36-35-47(39-29-27-37(28-30-39)38-31-33-42(34-32-38)56(55,40-15-4-2-5-16-40)41-17-6-3-7-18-41)45-22-14-26-51-53(45)52(36)46-21-10-13-25-50(46)54(51)48-23-11-8-19-43(48)44-20-9-12-24-49(44)54/h2-35H,1H3. The molecule has 9 aromatic carbocycles. The molecule has 1 nitrogen and oxygen atoms in total. The van der Waals surface area contributed by atoms with Gasteiger partial charge in [-0.25, -0.2) is 0 Å². The largest absolute Gasteiger partial charge is 0.309 e. The van der Waals surface area contributed by atoms with E-state index in [1.165, 1.54) is 72.0 Å². The van der Waals surface area contributed by atoms with Gasteiger partial charge in [-0.05, 0) is 90.0 Å². The molecule has 11 rings (SSSR count). The minimum atomic E-state index is -3.04. The number of rotatable bonds is 5. The van der Waals surface area contributed by atoms with Gasteiger partial charge in [-0.3, -0.25) is 0 Å². The number of benzene rings is 9. The quantitative estimate of drug-likeness (QED) is 0.161. The maximum Gasteiger partial charge on any atom is 0.171 e. The van der Waals surface area contributed by atoms with Gasteiger partial charge in [0.1, 0.15) is 0 Å². The highest BCUT2D eigenvalue weighted by Crippen LogP contribution is 2.62. The van der Waals surface area contributed by atoms with Crippen LogP contribution in [-0.2, 0) is 9.98 Å². The number of hydrogen-bond donors (Lipinski definition) is 0. The van der Waals surface area contributed by atoms with Crippen LogP contribution in [0.4, 0.5) is 0 Å². The summed E-state index contributed by atoms with van der Waals surface area (Å²) in [5.41, 5.74) is 16.2. The van der Waals surface area contributed by atoms with Gasteiger partial charge in [-0.1, -0.05) is 206 Å². The van der Waals surface area contributed by atoms with E-state index in [9.17, 15) is 4.57 Å². The molecule has 2 aliphatic rings.